The Bertz CT molecular complexity index is 1070. The predicted molar refractivity (Wildman–Crippen MR) is 95.8 cm³/mol. The van der Waals surface area contributed by atoms with Gasteiger partial charge in [-0.2, -0.15) is 0 Å². The molecule has 26 heavy (non-hydrogen) atoms. The SMILES string of the molecule is COc1ccc(Br)c2ocnc12.COc1ccc(C(=O)O)c2ocnc12. The minimum absolute atomic E-state index is 0.0818. The quantitative estimate of drug-likeness (QED) is 0.526. The molecule has 0 spiro atoms. The van der Waals surface area contributed by atoms with Crippen LogP contribution >= 0.6 is 15.9 Å². The standard InChI is InChI=1S/C9H7NO4.C8H6BrNO2/c1-13-6-3-2-5(9(11)12)8-7(6)10-4-14-8;1-11-6-3-2-5(9)8-7(6)10-4-12-8/h2-4H,1H3,(H,11,12);2-4H,1H3. The maximum absolute atomic E-state index is 10.8. The average Bonchev–Trinajstić information content (AvgIpc) is 3.31. The van der Waals surface area contributed by atoms with Crippen LogP contribution in [0.5, 0.6) is 11.5 Å². The second kappa shape index (κ2) is 7.44. The van der Waals surface area contributed by atoms with Crippen LogP contribution in [0.3, 0.4) is 0 Å². The Balaban J connectivity index is 0.000000152. The van der Waals surface area contributed by atoms with E-state index in [1.165, 1.54) is 26.0 Å². The number of halogens is 1. The molecule has 2 aromatic heterocycles. The van der Waals surface area contributed by atoms with Crippen LogP contribution in [-0.2, 0) is 0 Å². The topological polar surface area (TPSA) is 108 Å². The number of rotatable bonds is 3. The van der Waals surface area contributed by atoms with Gasteiger partial charge in [-0.25, -0.2) is 14.8 Å². The summed E-state index contributed by atoms with van der Waals surface area (Å²) in [6.45, 7) is 0. The van der Waals surface area contributed by atoms with Crippen LogP contribution in [0.1, 0.15) is 10.4 Å². The lowest BCUT2D eigenvalue weighted by Gasteiger charge is -2.00. The molecule has 9 heteroatoms. The van der Waals surface area contributed by atoms with Gasteiger partial charge in [0.1, 0.15) is 17.1 Å². The summed E-state index contributed by atoms with van der Waals surface area (Å²) in [5.41, 5.74) is 2.20. The van der Waals surface area contributed by atoms with E-state index in [0.29, 0.717) is 16.8 Å². The van der Waals surface area contributed by atoms with Crippen molar-refractivity contribution in [3.8, 4) is 11.5 Å². The van der Waals surface area contributed by atoms with E-state index in [9.17, 15) is 4.79 Å². The summed E-state index contributed by atoms with van der Waals surface area (Å²) in [5, 5.41) is 8.84. The Hall–Kier alpha value is -3.07. The van der Waals surface area contributed by atoms with Crippen molar-refractivity contribution < 1.29 is 28.2 Å². The van der Waals surface area contributed by atoms with E-state index < -0.39 is 5.97 Å². The van der Waals surface area contributed by atoms with Gasteiger partial charge in [0.25, 0.3) is 0 Å². The molecule has 0 saturated carbocycles. The summed E-state index contributed by atoms with van der Waals surface area (Å²) in [4.78, 5) is 18.7. The van der Waals surface area contributed by atoms with Gasteiger partial charge in [0, 0.05) is 0 Å². The maximum Gasteiger partial charge on any atom is 0.339 e. The number of aromatic nitrogens is 2. The van der Waals surface area contributed by atoms with E-state index in [2.05, 4.69) is 25.9 Å². The molecule has 2 aromatic carbocycles. The van der Waals surface area contributed by atoms with E-state index in [1.54, 1.807) is 13.2 Å². The minimum atomic E-state index is -1.05. The van der Waals surface area contributed by atoms with E-state index in [1.807, 2.05) is 12.1 Å². The summed E-state index contributed by atoms with van der Waals surface area (Å²) in [7, 11) is 3.10. The molecular formula is C17H13BrN2O6. The molecule has 8 nitrogen and oxygen atoms in total. The number of nitrogens with zero attached hydrogens (tertiary/aromatic N) is 2. The van der Waals surface area contributed by atoms with Crippen LogP contribution < -0.4 is 9.47 Å². The fraction of sp³-hybridized carbons (Fsp3) is 0.118. The molecule has 2 heterocycles. The molecule has 4 rings (SSSR count). The number of aromatic carboxylic acids is 1. The number of carboxylic acid groups (broad SMARTS) is 1. The van der Waals surface area contributed by atoms with Gasteiger partial charge < -0.3 is 23.4 Å². The van der Waals surface area contributed by atoms with Crippen molar-refractivity contribution in [1.29, 1.82) is 0 Å². The first-order chi connectivity index (χ1) is 12.6. The number of carbonyl (C=O) groups is 1. The van der Waals surface area contributed by atoms with Gasteiger partial charge in [-0.1, -0.05) is 0 Å². The fourth-order valence-corrected chi connectivity index (χ4v) is 2.73. The van der Waals surface area contributed by atoms with Gasteiger partial charge in [-0.05, 0) is 40.2 Å². The minimum Gasteiger partial charge on any atom is -0.494 e. The van der Waals surface area contributed by atoms with Crippen molar-refractivity contribution in [3.05, 3.63) is 47.1 Å². The number of carboxylic acids is 1. The molecule has 0 fully saturated rings. The lowest BCUT2D eigenvalue weighted by molar-refractivity contribution is 0.0698. The lowest BCUT2D eigenvalue weighted by Crippen LogP contribution is -1.97. The Labute approximate surface area is 155 Å². The molecule has 0 aliphatic heterocycles. The lowest BCUT2D eigenvalue weighted by atomic mass is 10.2. The Morgan fingerprint density at radius 3 is 2.08 bits per heavy atom. The van der Waals surface area contributed by atoms with Crippen LogP contribution in [0, 0.1) is 0 Å². The fourth-order valence-electron chi connectivity index (χ4n) is 2.32. The summed E-state index contributed by atoms with van der Waals surface area (Å²) < 4.78 is 21.1. The smallest absolute Gasteiger partial charge is 0.339 e. The zero-order valence-corrected chi connectivity index (χ0v) is 15.3. The summed E-state index contributed by atoms with van der Waals surface area (Å²) in [5.74, 6) is 0.176. The van der Waals surface area contributed by atoms with Crippen molar-refractivity contribution in [3.63, 3.8) is 0 Å². The van der Waals surface area contributed by atoms with E-state index in [-0.39, 0.29) is 11.1 Å². The highest BCUT2D eigenvalue weighted by Crippen LogP contribution is 2.30. The first-order valence-electron chi connectivity index (χ1n) is 7.26. The van der Waals surface area contributed by atoms with Gasteiger partial charge >= 0.3 is 5.97 Å². The van der Waals surface area contributed by atoms with E-state index >= 15 is 0 Å². The number of hydrogen-bond acceptors (Lipinski definition) is 7. The average molecular weight is 421 g/mol. The molecule has 0 atom stereocenters. The van der Waals surface area contributed by atoms with Gasteiger partial charge in [-0.3, -0.25) is 0 Å². The highest BCUT2D eigenvalue weighted by atomic mass is 79.9. The second-order valence-corrected chi connectivity index (χ2v) is 5.78. The van der Waals surface area contributed by atoms with Crippen molar-refractivity contribution in [2.24, 2.45) is 0 Å². The summed E-state index contributed by atoms with van der Waals surface area (Å²) in [6.07, 6.45) is 2.59. The van der Waals surface area contributed by atoms with Gasteiger partial charge in [0.15, 0.2) is 35.0 Å². The first kappa shape index (κ1) is 17.7. The number of hydrogen-bond donors (Lipinski definition) is 1. The van der Waals surface area contributed by atoms with E-state index in [4.69, 9.17) is 23.4 Å². The Kier molecular flexibility index (Phi) is 5.08. The van der Waals surface area contributed by atoms with Crippen molar-refractivity contribution >= 4 is 44.1 Å². The molecule has 4 aromatic rings. The molecule has 0 radical (unpaired) electrons. The molecule has 0 bridgehead atoms. The molecular weight excluding hydrogens is 408 g/mol. The monoisotopic (exact) mass is 420 g/mol. The molecule has 1 N–H and O–H groups in total. The van der Waals surface area contributed by atoms with Gasteiger partial charge in [0.05, 0.1) is 18.7 Å². The molecule has 134 valence electrons. The Morgan fingerprint density at radius 1 is 0.962 bits per heavy atom. The number of fused-ring (bicyclic) bond motifs is 2. The van der Waals surface area contributed by atoms with Crippen LogP contribution in [0.15, 0.2) is 50.4 Å². The third-order valence-electron chi connectivity index (χ3n) is 3.52. The van der Waals surface area contributed by atoms with Crippen molar-refractivity contribution in [2.45, 2.75) is 0 Å². The van der Waals surface area contributed by atoms with Crippen LogP contribution in [0.4, 0.5) is 0 Å². The van der Waals surface area contributed by atoms with Crippen molar-refractivity contribution in [2.75, 3.05) is 14.2 Å². The summed E-state index contributed by atoms with van der Waals surface area (Å²) >= 11 is 3.35. The second-order valence-electron chi connectivity index (χ2n) is 4.93. The zero-order chi connectivity index (χ0) is 18.7. The normalized spacial score (nSPS) is 10.4. The predicted octanol–water partition coefficient (Wildman–Crippen LogP) is 4.13. The number of ether oxygens (including phenoxy) is 2. The zero-order valence-electron chi connectivity index (χ0n) is 13.7. The molecule has 0 aliphatic carbocycles. The van der Waals surface area contributed by atoms with Gasteiger partial charge in [0.2, 0.25) is 0 Å². The molecule has 0 aliphatic rings. The third kappa shape index (κ3) is 3.21. The largest absolute Gasteiger partial charge is 0.494 e. The number of methoxy groups -OCH3 is 2. The summed E-state index contributed by atoms with van der Waals surface area (Å²) in [6, 6.07) is 6.68. The van der Waals surface area contributed by atoms with Crippen molar-refractivity contribution in [1.82, 2.24) is 9.97 Å². The first-order valence-corrected chi connectivity index (χ1v) is 8.05. The molecule has 0 saturated heterocycles. The molecule has 0 unspecified atom stereocenters. The van der Waals surface area contributed by atoms with Crippen LogP contribution in [0.25, 0.3) is 22.2 Å². The van der Waals surface area contributed by atoms with Crippen LogP contribution in [0.2, 0.25) is 0 Å². The third-order valence-corrected chi connectivity index (χ3v) is 4.14. The molecule has 0 amide bonds. The number of oxazole rings is 2. The van der Waals surface area contributed by atoms with E-state index in [0.717, 1.165) is 15.7 Å². The maximum atomic E-state index is 10.8. The highest BCUT2D eigenvalue weighted by molar-refractivity contribution is 9.10. The highest BCUT2D eigenvalue weighted by Gasteiger charge is 2.15. The number of benzene rings is 2. The van der Waals surface area contributed by atoms with Gasteiger partial charge in [-0.15, -0.1) is 0 Å². The van der Waals surface area contributed by atoms with Crippen LogP contribution in [-0.4, -0.2) is 35.3 Å². The Morgan fingerprint density at radius 2 is 1.50 bits per heavy atom.